The molecule has 1 fully saturated rings. The van der Waals surface area contributed by atoms with E-state index in [9.17, 15) is 14.7 Å². The molecule has 6 nitrogen and oxygen atoms in total. The average molecular weight is 248 g/mol. The van der Waals surface area contributed by atoms with Gasteiger partial charge in [-0.05, 0) is 18.6 Å². The minimum atomic E-state index is -0.510. The van der Waals surface area contributed by atoms with Gasteiger partial charge < -0.3 is 14.8 Å². The van der Waals surface area contributed by atoms with Crippen LogP contribution in [0.25, 0.3) is 10.9 Å². The number of phenolic OH excluding ortho intramolecular Hbond substituents is 1. The molecule has 6 heteroatoms. The number of hydrogen-bond donors (Lipinski definition) is 2. The molecule has 1 aliphatic heterocycles. The van der Waals surface area contributed by atoms with Crippen LogP contribution in [0.1, 0.15) is 12.5 Å². The second kappa shape index (κ2) is 3.99. The van der Waals surface area contributed by atoms with E-state index in [-0.39, 0.29) is 22.9 Å². The topological polar surface area (TPSA) is 84.3 Å². The largest absolute Gasteiger partial charge is 0.506 e. The number of aromatic amines is 1. The van der Waals surface area contributed by atoms with Gasteiger partial charge in [0.1, 0.15) is 5.75 Å². The van der Waals surface area contributed by atoms with E-state index >= 15 is 0 Å². The van der Waals surface area contributed by atoms with Crippen LogP contribution >= 0.6 is 0 Å². The summed E-state index contributed by atoms with van der Waals surface area (Å²) in [6.07, 6.45) is 0.646. The fourth-order valence-electron chi connectivity index (χ4n) is 2.30. The molecule has 1 atom stereocenters. The Hall–Kier alpha value is -2.08. The Kier molecular flexibility index (Phi) is 2.45. The summed E-state index contributed by atoms with van der Waals surface area (Å²) in [7, 11) is 0. The minimum absolute atomic E-state index is 0.100. The average Bonchev–Trinajstić information content (AvgIpc) is 2.84. The van der Waals surface area contributed by atoms with Gasteiger partial charge in [0.2, 0.25) is 0 Å². The standard InChI is InChI=1S/C12H12N2O4/c15-9-3-1-2-8-10(9)13-12(17)14(11(8)16)7-4-5-18-6-7/h1-3,7,15H,4-6H2,(H,13,17). The zero-order valence-corrected chi connectivity index (χ0v) is 9.55. The van der Waals surface area contributed by atoms with E-state index in [0.29, 0.717) is 25.0 Å². The first-order valence-corrected chi connectivity index (χ1v) is 5.73. The molecular weight excluding hydrogens is 236 g/mol. The summed E-state index contributed by atoms with van der Waals surface area (Å²) in [4.78, 5) is 26.7. The molecule has 0 bridgehead atoms. The lowest BCUT2D eigenvalue weighted by Crippen LogP contribution is -2.38. The predicted octanol–water partition coefficient (Wildman–Crippen LogP) is 0.357. The molecule has 1 aromatic carbocycles. The molecule has 2 heterocycles. The van der Waals surface area contributed by atoms with Crippen LogP contribution in [0, 0.1) is 0 Å². The van der Waals surface area contributed by atoms with Crippen molar-refractivity contribution in [2.45, 2.75) is 12.5 Å². The maximum atomic E-state index is 12.3. The summed E-state index contributed by atoms with van der Waals surface area (Å²) in [5.41, 5.74) is -0.715. The van der Waals surface area contributed by atoms with Gasteiger partial charge in [0.15, 0.2) is 0 Å². The van der Waals surface area contributed by atoms with Gasteiger partial charge in [-0.1, -0.05) is 6.07 Å². The van der Waals surface area contributed by atoms with E-state index in [0.717, 1.165) is 0 Å². The summed E-state index contributed by atoms with van der Waals surface area (Å²) in [5, 5.41) is 9.94. The third kappa shape index (κ3) is 1.53. The van der Waals surface area contributed by atoms with Crippen LogP contribution in [0.5, 0.6) is 5.75 Å². The Bertz CT molecular complexity index is 710. The molecule has 2 aromatic rings. The number of para-hydroxylation sites is 1. The molecule has 0 amide bonds. The van der Waals surface area contributed by atoms with Gasteiger partial charge in [-0.2, -0.15) is 0 Å². The normalized spacial score (nSPS) is 19.4. The highest BCUT2D eigenvalue weighted by Gasteiger charge is 2.22. The zero-order chi connectivity index (χ0) is 12.7. The minimum Gasteiger partial charge on any atom is -0.506 e. The van der Waals surface area contributed by atoms with Crippen molar-refractivity contribution >= 4 is 10.9 Å². The number of ether oxygens (including phenoxy) is 1. The summed E-state index contributed by atoms with van der Waals surface area (Å²) in [6, 6.07) is 4.36. The molecule has 3 rings (SSSR count). The third-order valence-electron chi connectivity index (χ3n) is 3.21. The Morgan fingerprint density at radius 3 is 2.94 bits per heavy atom. The second-order valence-corrected chi connectivity index (χ2v) is 4.32. The number of rotatable bonds is 1. The molecule has 18 heavy (non-hydrogen) atoms. The fourth-order valence-corrected chi connectivity index (χ4v) is 2.30. The van der Waals surface area contributed by atoms with E-state index in [4.69, 9.17) is 4.74 Å². The molecule has 1 aliphatic rings. The van der Waals surface area contributed by atoms with E-state index in [2.05, 4.69) is 4.98 Å². The number of hydrogen-bond acceptors (Lipinski definition) is 4. The van der Waals surface area contributed by atoms with E-state index < -0.39 is 5.69 Å². The molecular formula is C12H12N2O4. The predicted molar refractivity (Wildman–Crippen MR) is 65.0 cm³/mol. The molecule has 0 aliphatic carbocycles. The molecule has 0 saturated carbocycles. The number of nitrogens with zero attached hydrogens (tertiary/aromatic N) is 1. The molecule has 1 aromatic heterocycles. The van der Waals surface area contributed by atoms with Gasteiger partial charge in [-0.15, -0.1) is 0 Å². The van der Waals surface area contributed by atoms with Crippen molar-refractivity contribution in [3.63, 3.8) is 0 Å². The molecule has 2 N–H and O–H groups in total. The summed E-state index contributed by atoms with van der Waals surface area (Å²) < 4.78 is 6.37. The van der Waals surface area contributed by atoms with Crippen LogP contribution in [0.3, 0.4) is 0 Å². The van der Waals surface area contributed by atoms with Crippen molar-refractivity contribution in [2.24, 2.45) is 0 Å². The number of H-pyrrole nitrogens is 1. The Balaban J connectivity index is 2.34. The lowest BCUT2D eigenvalue weighted by atomic mass is 10.2. The summed E-state index contributed by atoms with van der Waals surface area (Å²) in [6.45, 7) is 0.919. The second-order valence-electron chi connectivity index (χ2n) is 4.32. The van der Waals surface area contributed by atoms with Crippen LogP contribution < -0.4 is 11.2 Å². The van der Waals surface area contributed by atoms with Crippen molar-refractivity contribution < 1.29 is 9.84 Å². The van der Waals surface area contributed by atoms with Crippen molar-refractivity contribution in [3.8, 4) is 5.75 Å². The number of aromatic hydroxyl groups is 1. The lowest BCUT2D eigenvalue weighted by Gasteiger charge is -2.11. The Morgan fingerprint density at radius 1 is 1.39 bits per heavy atom. The third-order valence-corrected chi connectivity index (χ3v) is 3.21. The Labute approximate surface area is 101 Å². The molecule has 1 saturated heterocycles. The van der Waals surface area contributed by atoms with Gasteiger partial charge in [-0.25, -0.2) is 4.79 Å². The van der Waals surface area contributed by atoms with Gasteiger partial charge in [-0.3, -0.25) is 9.36 Å². The molecule has 94 valence electrons. The van der Waals surface area contributed by atoms with Crippen molar-refractivity contribution in [2.75, 3.05) is 13.2 Å². The zero-order valence-electron chi connectivity index (χ0n) is 9.55. The van der Waals surface area contributed by atoms with Crippen LogP contribution in [-0.2, 0) is 4.74 Å². The van der Waals surface area contributed by atoms with Gasteiger partial charge >= 0.3 is 5.69 Å². The van der Waals surface area contributed by atoms with Gasteiger partial charge in [0.05, 0.1) is 23.6 Å². The first-order valence-electron chi connectivity index (χ1n) is 5.73. The first-order chi connectivity index (χ1) is 8.68. The number of benzene rings is 1. The molecule has 0 radical (unpaired) electrons. The quantitative estimate of drug-likeness (QED) is 0.763. The fraction of sp³-hybridized carbons (Fsp3) is 0.333. The first kappa shape index (κ1) is 11.0. The monoisotopic (exact) mass is 248 g/mol. The van der Waals surface area contributed by atoms with Crippen molar-refractivity contribution in [1.82, 2.24) is 9.55 Å². The SMILES string of the molecule is O=c1[nH]c2c(O)cccc2c(=O)n1C1CCOC1. The summed E-state index contributed by atoms with van der Waals surface area (Å²) in [5.74, 6) is -0.100. The van der Waals surface area contributed by atoms with E-state index in [1.807, 2.05) is 0 Å². The van der Waals surface area contributed by atoms with Gasteiger partial charge in [0, 0.05) is 6.61 Å². The Morgan fingerprint density at radius 2 is 2.22 bits per heavy atom. The number of aromatic nitrogens is 2. The highest BCUT2D eigenvalue weighted by molar-refractivity contribution is 5.82. The van der Waals surface area contributed by atoms with Crippen LogP contribution in [-0.4, -0.2) is 27.9 Å². The van der Waals surface area contributed by atoms with Crippen LogP contribution in [0.15, 0.2) is 27.8 Å². The number of fused-ring (bicyclic) bond motifs is 1. The van der Waals surface area contributed by atoms with Crippen LogP contribution in [0.2, 0.25) is 0 Å². The smallest absolute Gasteiger partial charge is 0.329 e. The van der Waals surface area contributed by atoms with Crippen molar-refractivity contribution in [3.05, 3.63) is 39.0 Å². The summed E-state index contributed by atoms with van der Waals surface area (Å²) >= 11 is 0. The highest BCUT2D eigenvalue weighted by atomic mass is 16.5. The lowest BCUT2D eigenvalue weighted by molar-refractivity contribution is 0.185. The number of nitrogens with one attached hydrogen (secondary N) is 1. The van der Waals surface area contributed by atoms with Gasteiger partial charge in [0.25, 0.3) is 5.56 Å². The van der Waals surface area contributed by atoms with E-state index in [1.54, 1.807) is 12.1 Å². The van der Waals surface area contributed by atoms with Crippen LogP contribution in [0.4, 0.5) is 0 Å². The highest BCUT2D eigenvalue weighted by Crippen LogP contribution is 2.20. The maximum absolute atomic E-state index is 12.3. The molecule has 1 unspecified atom stereocenters. The van der Waals surface area contributed by atoms with E-state index in [1.165, 1.54) is 10.6 Å². The maximum Gasteiger partial charge on any atom is 0.329 e. The van der Waals surface area contributed by atoms with Crippen molar-refractivity contribution in [1.29, 1.82) is 0 Å². The number of phenols is 1. The molecule has 0 spiro atoms.